The Bertz CT molecular complexity index is 416. The highest BCUT2D eigenvalue weighted by Crippen LogP contribution is 2.22. The molecule has 1 aromatic carbocycles. The minimum Gasteiger partial charge on any atom is -0.387 e. The van der Waals surface area contributed by atoms with Crippen LogP contribution in [-0.2, 0) is 0 Å². The van der Waals surface area contributed by atoms with E-state index in [9.17, 15) is 5.11 Å². The molecule has 2 heteroatoms. The van der Waals surface area contributed by atoms with E-state index >= 15 is 0 Å². The summed E-state index contributed by atoms with van der Waals surface area (Å²) in [7, 11) is 0. The van der Waals surface area contributed by atoms with Crippen molar-refractivity contribution >= 4 is 0 Å². The Kier molecular flexibility index (Phi) is 5.00. The lowest BCUT2D eigenvalue weighted by Gasteiger charge is -2.24. The van der Waals surface area contributed by atoms with Crippen molar-refractivity contribution in [2.24, 2.45) is 5.92 Å². The van der Waals surface area contributed by atoms with Gasteiger partial charge >= 0.3 is 0 Å². The van der Waals surface area contributed by atoms with Gasteiger partial charge in [-0.1, -0.05) is 30.7 Å². The van der Waals surface area contributed by atoms with Crippen LogP contribution in [-0.4, -0.2) is 29.6 Å². The lowest BCUT2D eigenvalue weighted by Crippen LogP contribution is -2.30. The molecule has 0 amide bonds. The second kappa shape index (κ2) is 6.53. The number of β-amino-alcohol motifs (C(OH)–C–C–N with tert-alkyl or cyclic N) is 1. The van der Waals surface area contributed by atoms with Crippen molar-refractivity contribution in [3.05, 3.63) is 34.9 Å². The Hall–Kier alpha value is -0.860. The van der Waals surface area contributed by atoms with Gasteiger partial charge in [-0.3, -0.25) is 0 Å². The van der Waals surface area contributed by atoms with E-state index in [0.717, 1.165) is 31.1 Å². The van der Waals surface area contributed by atoms with E-state index in [2.05, 4.69) is 43.9 Å². The molecule has 2 unspecified atom stereocenters. The first-order valence-corrected chi connectivity index (χ1v) is 7.54. The fourth-order valence-electron chi connectivity index (χ4n) is 3.05. The van der Waals surface area contributed by atoms with Gasteiger partial charge in [0.05, 0.1) is 6.10 Å². The zero-order valence-corrected chi connectivity index (χ0v) is 12.5. The molecule has 2 atom stereocenters. The van der Waals surface area contributed by atoms with E-state index < -0.39 is 0 Å². The molecule has 0 saturated carbocycles. The van der Waals surface area contributed by atoms with Gasteiger partial charge in [0.2, 0.25) is 0 Å². The fourth-order valence-corrected chi connectivity index (χ4v) is 3.05. The quantitative estimate of drug-likeness (QED) is 0.900. The van der Waals surface area contributed by atoms with Crippen LogP contribution in [0.2, 0.25) is 0 Å². The Labute approximate surface area is 117 Å². The van der Waals surface area contributed by atoms with Crippen LogP contribution >= 0.6 is 0 Å². The first-order chi connectivity index (χ1) is 9.06. The number of likely N-dealkylation sites (tertiary alicyclic amines) is 1. The third kappa shape index (κ3) is 4.05. The molecule has 106 valence electrons. The standard InChI is InChI=1S/C17H27NO/c1-13-5-4-9-18(10-8-13)12-17(19)16-7-6-14(2)11-15(16)3/h6-7,11,13,17,19H,4-5,8-10,12H2,1-3H3. The molecule has 0 spiro atoms. The van der Waals surface area contributed by atoms with Gasteiger partial charge in [-0.2, -0.15) is 0 Å². The summed E-state index contributed by atoms with van der Waals surface area (Å²) in [5.74, 6) is 0.836. The first kappa shape index (κ1) is 14.5. The molecule has 0 bridgehead atoms. The Morgan fingerprint density at radius 1 is 1.26 bits per heavy atom. The normalized spacial score (nSPS) is 23.1. The molecule has 19 heavy (non-hydrogen) atoms. The molecule has 1 fully saturated rings. The molecule has 1 heterocycles. The van der Waals surface area contributed by atoms with Crippen molar-refractivity contribution in [3.63, 3.8) is 0 Å². The highest BCUT2D eigenvalue weighted by molar-refractivity contribution is 5.32. The maximum atomic E-state index is 10.5. The van der Waals surface area contributed by atoms with Crippen LogP contribution in [0.3, 0.4) is 0 Å². The molecule has 1 N–H and O–H groups in total. The molecule has 1 aliphatic heterocycles. The summed E-state index contributed by atoms with van der Waals surface area (Å²) in [5, 5.41) is 10.5. The van der Waals surface area contributed by atoms with Gasteiger partial charge in [0.1, 0.15) is 0 Å². The topological polar surface area (TPSA) is 23.5 Å². The van der Waals surface area contributed by atoms with E-state index in [1.54, 1.807) is 0 Å². The van der Waals surface area contributed by atoms with E-state index in [1.807, 2.05) is 0 Å². The van der Waals surface area contributed by atoms with Crippen LogP contribution in [0.25, 0.3) is 0 Å². The number of rotatable bonds is 3. The fraction of sp³-hybridized carbons (Fsp3) is 0.647. The zero-order valence-electron chi connectivity index (χ0n) is 12.5. The van der Waals surface area contributed by atoms with Crippen LogP contribution in [0, 0.1) is 19.8 Å². The van der Waals surface area contributed by atoms with Gasteiger partial charge in [0, 0.05) is 6.54 Å². The Morgan fingerprint density at radius 2 is 2.05 bits per heavy atom. The largest absolute Gasteiger partial charge is 0.387 e. The summed E-state index contributed by atoms with van der Waals surface area (Å²) in [6.45, 7) is 9.56. The third-order valence-electron chi connectivity index (χ3n) is 4.32. The van der Waals surface area contributed by atoms with Crippen molar-refractivity contribution in [1.29, 1.82) is 0 Å². The molecule has 2 rings (SSSR count). The van der Waals surface area contributed by atoms with Crippen molar-refractivity contribution < 1.29 is 5.11 Å². The maximum absolute atomic E-state index is 10.5. The summed E-state index contributed by atoms with van der Waals surface area (Å²) in [6, 6.07) is 6.33. The lowest BCUT2D eigenvalue weighted by atomic mass is 10.0. The molecular formula is C17H27NO. The molecule has 0 aromatic heterocycles. The number of aliphatic hydroxyl groups is 1. The number of benzene rings is 1. The maximum Gasteiger partial charge on any atom is 0.0919 e. The molecule has 0 radical (unpaired) electrons. The number of aryl methyl sites for hydroxylation is 2. The van der Waals surface area contributed by atoms with E-state index in [1.165, 1.54) is 30.4 Å². The van der Waals surface area contributed by atoms with Crippen molar-refractivity contribution in [2.75, 3.05) is 19.6 Å². The van der Waals surface area contributed by atoms with Crippen LogP contribution in [0.1, 0.15) is 49.0 Å². The van der Waals surface area contributed by atoms with Gasteiger partial charge in [0.15, 0.2) is 0 Å². The highest BCUT2D eigenvalue weighted by atomic mass is 16.3. The molecule has 2 nitrogen and oxygen atoms in total. The summed E-state index contributed by atoms with van der Waals surface area (Å²) in [5.41, 5.74) is 3.55. The first-order valence-electron chi connectivity index (χ1n) is 7.54. The lowest BCUT2D eigenvalue weighted by molar-refractivity contribution is 0.114. The minimum atomic E-state index is -0.353. The van der Waals surface area contributed by atoms with Gasteiger partial charge < -0.3 is 10.0 Å². The summed E-state index contributed by atoms with van der Waals surface area (Å²) in [4.78, 5) is 2.42. The Balaban J connectivity index is 1.98. The molecule has 1 aromatic rings. The van der Waals surface area contributed by atoms with E-state index in [0.29, 0.717) is 0 Å². The highest BCUT2D eigenvalue weighted by Gasteiger charge is 2.18. The monoisotopic (exact) mass is 261 g/mol. The smallest absolute Gasteiger partial charge is 0.0919 e. The molecule has 1 saturated heterocycles. The summed E-state index contributed by atoms with van der Waals surface area (Å²) >= 11 is 0. The SMILES string of the molecule is Cc1ccc(C(O)CN2CCCC(C)CC2)c(C)c1. The Morgan fingerprint density at radius 3 is 2.79 bits per heavy atom. The molecule has 0 aliphatic carbocycles. The van der Waals surface area contributed by atoms with Crippen molar-refractivity contribution in [3.8, 4) is 0 Å². The number of hydrogen-bond acceptors (Lipinski definition) is 2. The van der Waals surface area contributed by atoms with Crippen LogP contribution < -0.4 is 0 Å². The van der Waals surface area contributed by atoms with Gasteiger partial charge in [-0.15, -0.1) is 0 Å². The predicted molar refractivity (Wildman–Crippen MR) is 80.3 cm³/mol. The zero-order chi connectivity index (χ0) is 13.8. The average molecular weight is 261 g/mol. The van der Waals surface area contributed by atoms with Crippen LogP contribution in [0.5, 0.6) is 0 Å². The number of nitrogens with zero attached hydrogens (tertiary/aromatic N) is 1. The van der Waals surface area contributed by atoms with Gasteiger partial charge in [0.25, 0.3) is 0 Å². The van der Waals surface area contributed by atoms with Crippen LogP contribution in [0.4, 0.5) is 0 Å². The summed E-state index contributed by atoms with van der Waals surface area (Å²) < 4.78 is 0. The third-order valence-corrected chi connectivity index (χ3v) is 4.32. The minimum absolute atomic E-state index is 0.353. The second-order valence-corrected chi connectivity index (χ2v) is 6.21. The van der Waals surface area contributed by atoms with Gasteiger partial charge in [-0.05, 0) is 63.2 Å². The van der Waals surface area contributed by atoms with Crippen LogP contribution in [0.15, 0.2) is 18.2 Å². The predicted octanol–water partition coefficient (Wildman–Crippen LogP) is 3.46. The molecular weight excluding hydrogens is 234 g/mol. The second-order valence-electron chi connectivity index (χ2n) is 6.21. The van der Waals surface area contributed by atoms with Crippen molar-refractivity contribution in [1.82, 2.24) is 4.90 Å². The van der Waals surface area contributed by atoms with E-state index in [-0.39, 0.29) is 6.10 Å². The van der Waals surface area contributed by atoms with Gasteiger partial charge in [-0.25, -0.2) is 0 Å². The molecule has 1 aliphatic rings. The number of hydrogen-bond donors (Lipinski definition) is 1. The number of aliphatic hydroxyl groups excluding tert-OH is 1. The van der Waals surface area contributed by atoms with Crippen molar-refractivity contribution in [2.45, 2.75) is 46.1 Å². The average Bonchev–Trinajstić information content (AvgIpc) is 2.54. The summed E-state index contributed by atoms with van der Waals surface area (Å²) in [6.07, 6.45) is 3.50. The van der Waals surface area contributed by atoms with E-state index in [4.69, 9.17) is 0 Å².